The molecule has 16 heavy (non-hydrogen) atoms. The van der Waals surface area contributed by atoms with E-state index in [0.717, 1.165) is 12.8 Å². The quantitative estimate of drug-likeness (QED) is 0.837. The lowest BCUT2D eigenvalue weighted by Gasteiger charge is -2.13. The highest BCUT2D eigenvalue weighted by molar-refractivity contribution is 5.85. The molecule has 0 amide bonds. The second-order valence-corrected chi connectivity index (χ2v) is 4.05. The van der Waals surface area contributed by atoms with Gasteiger partial charge in [0.25, 0.3) is 0 Å². The Morgan fingerprint density at radius 1 is 1.56 bits per heavy atom. The maximum Gasteiger partial charge on any atom is 0.354 e. The average molecular weight is 222 g/mol. The molecule has 1 atom stereocenters. The van der Waals surface area contributed by atoms with Crippen molar-refractivity contribution in [2.45, 2.75) is 25.9 Å². The van der Waals surface area contributed by atoms with Crippen LogP contribution in [0.5, 0.6) is 0 Å². The molecule has 0 radical (unpaired) electrons. The molecule has 86 valence electrons. The molecule has 0 spiro atoms. The normalized spacial score (nSPS) is 17.1. The Labute approximate surface area is 93.5 Å². The number of nitrogens with zero attached hydrogens (tertiary/aromatic N) is 2. The summed E-state index contributed by atoms with van der Waals surface area (Å²) < 4.78 is 5.33. The monoisotopic (exact) mass is 222 g/mol. The highest BCUT2D eigenvalue weighted by atomic mass is 16.5. The lowest BCUT2D eigenvalue weighted by molar-refractivity contribution is 0.0674. The Morgan fingerprint density at radius 2 is 2.25 bits per heavy atom. The first-order chi connectivity index (χ1) is 7.61. The molecular weight excluding hydrogens is 208 g/mol. The molecule has 5 heteroatoms. The first-order valence-corrected chi connectivity index (χ1v) is 5.23. The number of aromatic carboxylic acids is 1. The molecule has 1 saturated carbocycles. The topological polar surface area (TPSA) is 72.3 Å². The van der Waals surface area contributed by atoms with E-state index in [9.17, 15) is 4.79 Å². The second-order valence-electron chi connectivity index (χ2n) is 4.05. The van der Waals surface area contributed by atoms with Crippen molar-refractivity contribution in [2.24, 2.45) is 5.92 Å². The summed E-state index contributed by atoms with van der Waals surface area (Å²) in [6.07, 6.45) is 2.02. The minimum atomic E-state index is -1.03. The summed E-state index contributed by atoms with van der Waals surface area (Å²) in [6.45, 7) is 1.76. The van der Waals surface area contributed by atoms with Crippen molar-refractivity contribution in [1.82, 2.24) is 9.97 Å². The number of ether oxygens (including phenoxy) is 1. The molecule has 1 aromatic heterocycles. The van der Waals surface area contributed by atoms with E-state index in [1.54, 1.807) is 14.0 Å². The van der Waals surface area contributed by atoms with E-state index in [2.05, 4.69) is 9.97 Å². The highest BCUT2D eigenvalue weighted by Crippen LogP contribution is 2.41. The maximum atomic E-state index is 10.9. The second kappa shape index (κ2) is 4.17. The molecule has 0 aromatic carbocycles. The van der Waals surface area contributed by atoms with Crippen LogP contribution >= 0.6 is 0 Å². The largest absolute Gasteiger partial charge is 0.477 e. The van der Waals surface area contributed by atoms with E-state index >= 15 is 0 Å². The fraction of sp³-hybridized carbons (Fsp3) is 0.545. The summed E-state index contributed by atoms with van der Waals surface area (Å²) in [6, 6.07) is 1.46. The first kappa shape index (κ1) is 11.0. The molecule has 1 aliphatic carbocycles. The van der Waals surface area contributed by atoms with E-state index in [1.165, 1.54) is 6.07 Å². The third kappa shape index (κ3) is 2.19. The van der Waals surface area contributed by atoms with Crippen molar-refractivity contribution in [3.05, 3.63) is 23.3 Å². The summed E-state index contributed by atoms with van der Waals surface area (Å²) in [5.74, 6) is -0.103. The number of carboxylic acid groups (broad SMARTS) is 1. The van der Waals surface area contributed by atoms with Gasteiger partial charge in [-0.1, -0.05) is 0 Å². The fourth-order valence-corrected chi connectivity index (χ4v) is 1.74. The summed E-state index contributed by atoms with van der Waals surface area (Å²) in [4.78, 5) is 19.1. The summed E-state index contributed by atoms with van der Waals surface area (Å²) >= 11 is 0. The van der Waals surface area contributed by atoms with E-state index < -0.39 is 5.97 Å². The lowest BCUT2D eigenvalue weighted by Crippen LogP contribution is -2.13. The van der Waals surface area contributed by atoms with Crippen LogP contribution in [0, 0.1) is 12.8 Å². The predicted octanol–water partition coefficient (Wildman–Crippen LogP) is 1.58. The highest BCUT2D eigenvalue weighted by Gasteiger charge is 2.34. The molecule has 0 aliphatic heterocycles. The zero-order chi connectivity index (χ0) is 11.7. The molecule has 5 nitrogen and oxygen atoms in total. The van der Waals surface area contributed by atoms with E-state index in [0.29, 0.717) is 17.4 Å². The zero-order valence-electron chi connectivity index (χ0n) is 9.30. The molecular formula is C11H14N2O3. The van der Waals surface area contributed by atoms with Crippen molar-refractivity contribution in [3.8, 4) is 0 Å². The number of hydrogen-bond donors (Lipinski definition) is 1. The average Bonchev–Trinajstić information content (AvgIpc) is 3.02. The molecule has 1 aliphatic rings. The van der Waals surface area contributed by atoms with Gasteiger partial charge in [0.1, 0.15) is 6.10 Å². The van der Waals surface area contributed by atoms with Crippen LogP contribution < -0.4 is 0 Å². The van der Waals surface area contributed by atoms with Gasteiger partial charge < -0.3 is 9.84 Å². The number of aromatic nitrogens is 2. The molecule has 2 rings (SSSR count). The van der Waals surface area contributed by atoms with Gasteiger partial charge in [0.15, 0.2) is 11.5 Å². The minimum Gasteiger partial charge on any atom is -0.477 e. The molecule has 1 N–H and O–H groups in total. The van der Waals surface area contributed by atoms with Gasteiger partial charge >= 0.3 is 5.97 Å². The van der Waals surface area contributed by atoms with Gasteiger partial charge in [-0.25, -0.2) is 14.8 Å². The van der Waals surface area contributed by atoms with Gasteiger partial charge in [-0.05, 0) is 31.7 Å². The Kier molecular flexibility index (Phi) is 2.87. The summed E-state index contributed by atoms with van der Waals surface area (Å²) in [5.41, 5.74) is 0.690. The van der Waals surface area contributed by atoms with Crippen LogP contribution in [0.1, 0.15) is 41.0 Å². The third-order valence-electron chi connectivity index (χ3n) is 2.65. The van der Waals surface area contributed by atoms with Crippen molar-refractivity contribution in [1.29, 1.82) is 0 Å². The molecule has 0 bridgehead atoms. The van der Waals surface area contributed by atoms with Crippen molar-refractivity contribution in [3.63, 3.8) is 0 Å². The van der Waals surface area contributed by atoms with Crippen LogP contribution in [0.2, 0.25) is 0 Å². The van der Waals surface area contributed by atoms with Crippen LogP contribution in [0.4, 0.5) is 0 Å². The molecule has 1 fully saturated rings. The van der Waals surface area contributed by atoms with Gasteiger partial charge in [-0.2, -0.15) is 0 Å². The molecule has 1 unspecified atom stereocenters. The van der Waals surface area contributed by atoms with Gasteiger partial charge in [0.2, 0.25) is 0 Å². The van der Waals surface area contributed by atoms with Crippen LogP contribution in [-0.4, -0.2) is 28.2 Å². The molecule has 1 heterocycles. The van der Waals surface area contributed by atoms with Crippen molar-refractivity contribution < 1.29 is 14.6 Å². The Morgan fingerprint density at radius 3 is 2.75 bits per heavy atom. The van der Waals surface area contributed by atoms with Crippen molar-refractivity contribution >= 4 is 5.97 Å². The van der Waals surface area contributed by atoms with Crippen molar-refractivity contribution in [2.75, 3.05) is 7.11 Å². The SMILES string of the molecule is COC(c1nc(C)cc(C(=O)O)n1)C1CC1. The summed E-state index contributed by atoms with van der Waals surface area (Å²) in [5, 5.41) is 8.91. The van der Waals surface area contributed by atoms with E-state index in [-0.39, 0.29) is 11.8 Å². The maximum absolute atomic E-state index is 10.9. The smallest absolute Gasteiger partial charge is 0.354 e. The first-order valence-electron chi connectivity index (χ1n) is 5.23. The van der Waals surface area contributed by atoms with Gasteiger partial charge in [0.05, 0.1) is 0 Å². The third-order valence-corrected chi connectivity index (χ3v) is 2.65. The lowest BCUT2D eigenvalue weighted by atomic mass is 10.2. The van der Waals surface area contributed by atoms with Gasteiger partial charge in [-0.3, -0.25) is 0 Å². The fourth-order valence-electron chi connectivity index (χ4n) is 1.74. The molecule has 1 aromatic rings. The zero-order valence-corrected chi connectivity index (χ0v) is 9.30. The minimum absolute atomic E-state index is 0.0326. The summed E-state index contributed by atoms with van der Waals surface area (Å²) in [7, 11) is 1.61. The predicted molar refractivity (Wildman–Crippen MR) is 56.2 cm³/mol. The van der Waals surface area contributed by atoms with Crippen LogP contribution in [0.15, 0.2) is 6.07 Å². The van der Waals surface area contributed by atoms with Crippen LogP contribution in [-0.2, 0) is 4.74 Å². The van der Waals surface area contributed by atoms with Crippen LogP contribution in [0.25, 0.3) is 0 Å². The number of carboxylic acids is 1. The number of hydrogen-bond acceptors (Lipinski definition) is 4. The van der Waals surface area contributed by atoms with Crippen LogP contribution in [0.3, 0.4) is 0 Å². The number of carbonyl (C=O) groups is 1. The number of aryl methyl sites for hydroxylation is 1. The molecule has 0 saturated heterocycles. The standard InChI is InChI=1S/C11H14N2O3/c1-6-5-8(11(14)15)13-10(12-6)9(16-2)7-3-4-7/h5,7,9H,3-4H2,1-2H3,(H,14,15). The van der Waals surface area contributed by atoms with Gasteiger partial charge in [0, 0.05) is 12.8 Å². The number of rotatable bonds is 4. The van der Waals surface area contributed by atoms with E-state index in [4.69, 9.17) is 9.84 Å². The number of methoxy groups -OCH3 is 1. The Hall–Kier alpha value is -1.49. The Balaban J connectivity index is 2.35. The Bertz CT molecular complexity index is 416. The van der Waals surface area contributed by atoms with E-state index in [1.807, 2.05) is 0 Å². The van der Waals surface area contributed by atoms with Gasteiger partial charge in [-0.15, -0.1) is 0 Å².